The number of benzene rings is 1. The van der Waals surface area contributed by atoms with E-state index in [0.29, 0.717) is 16.4 Å². The quantitative estimate of drug-likeness (QED) is 0.583. The highest BCUT2D eigenvalue weighted by Crippen LogP contribution is 2.56. The Balaban J connectivity index is 1.27. The summed E-state index contributed by atoms with van der Waals surface area (Å²) in [6.07, 6.45) is 3.98. The van der Waals surface area contributed by atoms with Gasteiger partial charge in [-0.25, -0.2) is 4.98 Å². The van der Waals surface area contributed by atoms with E-state index >= 15 is 0 Å². The summed E-state index contributed by atoms with van der Waals surface area (Å²) in [7, 11) is 0. The molecule has 2 fully saturated rings. The molecular formula is C22H20ClF2N7O. The SMILES string of the molecule is O=C(C(F)F)N1Cc2cc(Cl)ccc2-n2c(nnc2C2CC3(C2)CN(c2cnccn2)C3)C1. The lowest BCUT2D eigenvalue weighted by Gasteiger charge is -2.59. The molecule has 1 aliphatic carbocycles. The third-order valence-corrected chi connectivity index (χ3v) is 7.11. The van der Waals surface area contributed by atoms with E-state index in [1.807, 2.05) is 10.6 Å². The monoisotopic (exact) mass is 471 g/mol. The molecule has 2 aliphatic heterocycles. The van der Waals surface area contributed by atoms with Crippen LogP contribution in [0.5, 0.6) is 0 Å². The van der Waals surface area contributed by atoms with E-state index in [4.69, 9.17) is 11.6 Å². The number of amides is 1. The van der Waals surface area contributed by atoms with Gasteiger partial charge in [0.05, 0.1) is 18.4 Å². The van der Waals surface area contributed by atoms with Gasteiger partial charge in [-0.3, -0.25) is 14.3 Å². The highest BCUT2D eigenvalue weighted by atomic mass is 35.5. The predicted molar refractivity (Wildman–Crippen MR) is 115 cm³/mol. The first-order valence-corrected chi connectivity index (χ1v) is 11.1. The number of fused-ring (bicyclic) bond motifs is 3. The summed E-state index contributed by atoms with van der Waals surface area (Å²) in [5.41, 5.74) is 1.71. The van der Waals surface area contributed by atoms with Crippen LogP contribution in [0.25, 0.3) is 5.69 Å². The summed E-state index contributed by atoms with van der Waals surface area (Å²) >= 11 is 6.18. The number of carbonyl (C=O) groups is 1. The number of carbonyl (C=O) groups excluding carboxylic acids is 1. The van der Waals surface area contributed by atoms with Gasteiger partial charge in [-0.1, -0.05) is 11.6 Å². The van der Waals surface area contributed by atoms with E-state index in [0.717, 1.165) is 48.2 Å². The summed E-state index contributed by atoms with van der Waals surface area (Å²) in [4.78, 5) is 24.0. The molecule has 0 bridgehead atoms. The fraction of sp³-hybridized carbons (Fsp3) is 0.409. The molecule has 0 radical (unpaired) electrons. The van der Waals surface area contributed by atoms with Gasteiger partial charge in [0.15, 0.2) is 5.82 Å². The highest BCUT2D eigenvalue weighted by Gasteiger charge is 2.54. The molecule has 1 saturated heterocycles. The van der Waals surface area contributed by atoms with Gasteiger partial charge >= 0.3 is 6.43 Å². The molecule has 3 aliphatic rings. The zero-order chi connectivity index (χ0) is 22.7. The molecule has 11 heteroatoms. The molecule has 8 nitrogen and oxygen atoms in total. The topological polar surface area (TPSA) is 80.0 Å². The predicted octanol–water partition coefficient (Wildman–Crippen LogP) is 3.20. The lowest BCUT2D eigenvalue weighted by atomic mass is 9.57. The van der Waals surface area contributed by atoms with Crippen molar-refractivity contribution in [1.29, 1.82) is 0 Å². The van der Waals surface area contributed by atoms with Gasteiger partial charge in [0.25, 0.3) is 5.91 Å². The molecule has 2 aromatic heterocycles. The Morgan fingerprint density at radius 1 is 1.15 bits per heavy atom. The molecule has 1 aromatic carbocycles. The largest absolute Gasteiger partial charge is 0.354 e. The van der Waals surface area contributed by atoms with Crippen molar-refractivity contribution in [2.24, 2.45) is 5.41 Å². The maximum Gasteiger partial charge on any atom is 0.315 e. The summed E-state index contributed by atoms with van der Waals surface area (Å²) < 4.78 is 28.3. The van der Waals surface area contributed by atoms with E-state index in [1.54, 1.807) is 30.7 Å². The van der Waals surface area contributed by atoms with Crippen molar-refractivity contribution < 1.29 is 13.6 Å². The molecule has 1 spiro atoms. The van der Waals surface area contributed by atoms with Crippen molar-refractivity contribution in [3.8, 4) is 5.69 Å². The number of nitrogens with zero attached hydrogens (tertiary/aromatic N) is 7. The summed E-state index contributed by atoms with van der Waals surface area (Å²) in [6, 6.07) is 5.32. The second kappa shape index (κ2) is 7.44. The fourth-order valence-corrected chi connectivity index (χ4v) is 5.59. The van der Waals surface area contributed by atoms with E-state index < -0.39 is 12.3 Å². The molecule has 1 amide bonds. The van der Waals surface area contributed by atoms with E-state index in [-0.39, 0.29) is 24.4 Å². The first kappa shape index (κ1) is 20.5. The van der Waals surface area contributed by atoms with Crippen LogP contribution in [0.2, 0.25) is 5.02 Å². The molecule has 4 heterocycles. The van der Waals surface area contributed by atoms with Crippen LogP contribution in [0.15, 0.2) is 36.8 Å². The Morgan fingerprint density at radius 2 is 1.97 bits per heavy atom. The van der Waals surface area contributed by atoms with Gasteiger partial charge in [-0.2, -0.15) is 8.78 Å². The van der Waals surface area contributed by atoms with Gasteiger partial charge < -0.3 is 9.80 Å². The Hall–Kier alpha value is -3.14. The minimum atomic E-state index is -3.08. The van der Waals surface area contributed by atoms with Gasteiger partial charge in [0, 0.05) is 48.4 Å². The molecule has 33 heavy (non-hydrogen) atoms. The molecule has 0 unspecified atom stereocenters. The van der Waals surface area contributed by atoms with Gasteiger partial charge in [-0.15, -0.1) is 10.2 Å². The van der Waals surface area contributed by atoms with Crippen molar-refractivity contribution in [3.63, 3.8) is 0 Å². The molecule has 6 rings (SSSR count). The number of aromatic nitrogens is 5. The van der Waals surface area contributed by atoms with E-state index in [9.17, 15) is 13.6 Å². The van der Waals surface area contributed by atoms with Crippen LogP contribution in [-0.4, -0.2) is 55.1 Å². The van der Waals surface area contributed by atoms with Crippen LogP contribution in [0.1, 0.15) is 36.0 Å². The van der Waals surface area contributed by atoms with Gasteiger partial charge in [-0.05, 0) is 36.6 Å². The summed E-state index contributed by atoms with van der Waals surface area (Å²) in [5.74, 6) is 1.16. The van der Waals surface area contributed by atoms with Crippen LogP contribution < -0.4 is 4.90 Å². The number of rotatable bonds is 3. The Morgan fingerprint density at radius 3 is 2.70 bits per heavy atom. The van der Waals surface area contributed by atoms with Crippen molar-refractivity contribution in [2.75, 3.05) is 18.0 Å². The molecule has 0 atom stereocenters. The van der Waals surface area contributed by atoms with Crippen LogP contribution in [-0.2, 0) is 17.9 Å². The lowest BCUT2D eigenvalue weighted by molar-refractivity contribution is -0.144. The maximum atomic E-state index is 13.2. The number of halogens is 3. The van der Waals surface area contributed by atoms with E-state index in [1.165, 1.54) is 0 Å². The average Bonchev–Trinajstić information content (AvgIpc) is 3.07. The van der Waals surface area contributed by atoms with Crippen molar-refractivity contribution in [2.45, 2.75) is 38.3 Å². The first-order chi connectivity index (χ1) is 15.9. The molecule has 0 N–H and O–H groups in total. The molecule has 3 aromatic rings. The standard InChI is InChI=1S/C22H20ClF2N7O/c23-15-1-2-16-13(5-15)9-30(21(33)19(24)25)10-18-28-29-20(32(16)18)14-6-22(7-14)11-31(12-22)17-8-26-3-4-27-17/h1-5,8,14,19H,6-7,9-12H2. The number of anilines is 1. The maximum absolute atomic E-state index is 13.2. The third-order valence-electron chi connectivity index (χ3n) is 6.88. The number of hydrogen-bond donors (Lipinski definition) is 0. The average molecular weight is 472 g/mol. The second-order valence-electron chi connectivity index (χ2n) is 9.10. The van der Waals surface area contributed by atoms with Crippen LogP contribution in [0.3, 0.4) is 0 Å². The van der Waals surface area contributed by atoms with E-state index in [2.05, 4.69) is 25.1 Å². The van der Waals surface area contributed by atoms with Crippen molar-refractivity contribution in [3.05, 3.63) is 59.0 Å². The summed E-state index contributed by atoms with van der Waals surface area (Å²) in [5, 5.41) is 9.22. The lowest BCUT2D eigenvalue weighted by Crippen LogP contribution is -2.62. The third kappa shape index (κ3) is 3.35. The van der Waals surface area contributed by atoms with Gasteiger partial charge in [0.2, 0.25) is 0 Å². The first-order valence-electron chi connectivity index (χ1n) is 10.7. The van der Waals surface area contributed by atoms with Crippen LogP contribution >= 0.6 is 11.6 Å². The minimum absolute atomic E-state index is 0.0270. The Bertz CT molecular complexity index is 1220. The van der Waals surface area contributed by atoms with Crippen molar-refractivity contribution >= 4 is 23.3 Å². The smallest absolute Gasteiger partial charge is 0.315 e. The second-order valence-corrected chi connectivity index (χ2v) is 9.54. The molecular weight excluding hydrogens is 452 g/mol. The Labute approximate surface area is 193 Å². The van der Waals surface area contributed by atoms with Crippen LogP contribution in [0.4, 0.5) is 14.6 Å². The van der Waals surface area contributed by atoms with Gasteiger partial charge in [0.1, 0.15) is 11.6 Å². The normalized spacial score (nSPS) is 19.0. The zero-order valence-corrected chi connectivity index (χ0v) is 18.3. The molecule has 1 saturated carbocycles. The number of hydrogen-bond acceptors (Lipinski definition) is 6. The Kier molecular flexibility index (Phi) is 4.62. The molecule has 170 valence electrons. The number of alkyl halides is 2. The van der Waals surface area contributed by atoms with Crippen LogP contribution in [0, 0.1) is 5.41 Å². The minimum Gasteiger partial charge on any atom is -0.354 e. The fourth-order valence-electron chi connectivity index (χ4n) is 5.39. The highest BCUT2D eigenvalue weighted by molar-refractivity contribution is 6.30. The zero-order valence-electron chi connectivity index (χ0n) is 17.5. The summed E-state index contributed by atoms with van der Waals surface area (Å²) in [6.45, 7) is 1.86. The van der Waals surface area contributed by atoms with Crippen molar-refractivity contribution in [1.82, 2.24) is 29.6 Å².